The van der Waals surface area contributed by atoms with Crippen molar-refractivity contribution in [2.24, 2.45) is 10.3 Å². The van der Waals surface area contributed by atoms with Crippen LogP contribution in [0.2, 0.25) is 0 Å². The first-order valence-electron chi connectivity index (χ1n) is 7.19. The third-order valence-corrected chi connectivity index (χ3v) is 4.08. The lowest BCUT2D eigenvalue weighted by molar-refractivity contribution is 0.398. The van der Waals surface area contributed by atoms with Crippen LogP contribution in [0.1, 0.15) is 25.7 Å². The van der Waals surface area contributed by atoms with Gasteiger partial charge >= 0.3 is 0 Å². The van der Waals surface area contributed by atoms with E-state index in [1.54, 1.807) is 0 Å². The molecule has 0 aromatic rings. The van der Waals surface area contributed by atoms with E-state index in [0.29, 0.717) is 25.1 Å². The maximum atomic E-state index is 10.4. The number of nitrogens with zero attached hydrogens (tertiary/aromatic N) is 1. The molecule has 0 aromatic heterocycles. The Morgan fingerprint density at radius 1 is 0.870 bits per heavy atom. The maximum Gasteiger partial charge on any atom is 0.209 e. The Bertz CT molecular complexity index is 442. The van der Waals surface area contributed by atoms with Crippen LogP contribution in [0.4, 0.5) is 0 Å². The summed E-state index contributed by atoms with van der Waals surface area (Å²) in [5.74, 6) is 0.635. The van der Waals surface area contributed by atoms with Gasteiger partial charge < -0.3 is 10.2 Å². The number of hydrogen-bond donors (Lipinski definition) is 3. The molecule has 0 amide bonds. The quantitative estimate of drug-likeness (QED) is 0.363. The fourth-order valence-corrected chi connectivity index (χ4v) is 2.53. The summed E-state index contributed by atoms with van der Waals surface area (Å²) < 4.78 is 41.4. The van der Waals surface area contributed by atoms with E-state index in [2.05, 4.69) is 5.32 Å². The Labute approximate surface area is 147 Å². The number of nitrogens with two attached hydrogens (primary N) is 2. The van der Waals surface area contributed by atoms with Crippen LogP contribution in [-0.4, -0.2) is 73.9 Å². The van der Waals surface area contributed by atoms with Gasteiger partial charge in [-0.3, -0.25) is 0 Å². The minimum Gasteiger partial charge on any atom is -0.323 e. The van der Waals surface area contributed by atoms with E-state index in [9.17, 15) is 16.8 Å². The summed E-state index contributed by atoms with van der Waals surface area (Å²) >= 11 is 5.29. The summed E-state index contributed by atoms with van der Waals surface area (Å²) in [6.45, 7) is 0.912. The first kappa shape index (κ1) is 27.9. The minimum atomic E-state index is -3.26. The molecule has 0 rings (SSSR count). The summed E-state index contributed by atoms with van der Waals surface area (Å²) in [4.78, 5) is 2.02. The molecule has 0 heterocycles. The molecule has 0 unspecified atom stereocenters. The summed E-state index contributed by atoms with van der Waals surface area (Å²) in [5.41, 5.74) is 0. The van der Waals surface area contributed by atoms with E-state index in [4.69, 9.17) is 21.9 Å². The standard InChI is InChI=1S/C6H16N2O2S.C4H10ClNO2S.C2H7N/c1-8(2)5-3-4-6-11(7,9)10;5-3-1-2-4-9(6,7)8;1-3-2/h3-6H2,1-2H3,(H2,7,9,10);1-4H2,(H2,6,7,8);3H,1-2H3. The van der Waals surface area contributed by atoms with Gasteiger partial charge in [-0.05, 0) is 60.4 Å². The smallest absolute Gasteiger partial charge is 0.209 e. The molecule has 0 radical (unpaired) electrons. The molecule has 144 valence electrons. The van der Waals surface area contributed by atoms with Gasteiger partial charge in [0.2, 0.25) is 20.0 Å². The lowest BCUT2D eigenvalue weighted by atomic mass is 10.3. The molecule has 0 aromatic carbocycles. The zero-order chi connectivity index (χ0) is 18.9. The Balaban J connectivity index is -0.000000301. The van der Waals surface area contributed by atoms with E-state index in [-0.39, 0.29) is 11.5 Å². The van der Waals surface area contributed by atoms with E-state index < -0.39 is 20.0 Å². The third kappa shape index (κ3) is 44.9. The molecule has 0 saturated heterocycles. The lowest BCUT2D eigenvalue weighted by Crippen LogP contribution is -2.18. The Hall–Kier alpha value is 0.0300. The van der Waals surface area contributed by atoms with Gasteiger partial charge in [0, 0.05) is 5.88 Å². The molecule has 11 heteroatoms. The number of alkyl halides is 1. The second kappa shape index (κ2) is 16.9. The van der Waals surface area contributed by atoms with Crippen LogP contribution in [0.15, 0.2) is 0 Å². The molecule has 0 aliphatic rings. The van der Waals surface area contributed by atoms with E-state index in [1.807, 2.05) is 33.1 Å². The predicted molar refractivity (Wildman–Crippen MR) is 98.7 cm³/mol. The van der Waals surface area contributed by atoms with Gasteiger partial charge in [-0.2, -0.15) is 0 Å². The molecule has 8 nitrogen and oxygen atoms in total. The van der Waals surface area contributed by atoms with Gasteiger partial charge in [0.1, 0.15) is 0 Å². The topological polar surface area (TPSA) is 136 Å². The van der Waals surface area contributed by atoms with E-state index in [0.717, 1.165) is 13.0 Å². The number of unbranched alkanes of at least 4 members (excludes halogenated alkanes) is 2. The predicted octanol–water partition coefficient (Wildman–Crippen LogP) is -0.254. The average molecular weight is 397 g/mol. The number of rotatable bonds is 9. The first-order chi connectivity index (χ1) is 10.4. The highest BCUT2D eigenvalue weighted by molar-refractivity contribution is 7.89. The number of halogens is 1. The molecule has 0 atom stereocenters. The second-order valence-corrected chi connectivity index (χ2v) is 8.99. The summed E-state index contributed by atoms with van der Waals surface area (Å²) in [7, 11) is 1.17. The summed E-state index contributed by atoms with van der Waals surface area (Å²) in [6.07, 6.45) is 2.79. The third-order valence-electron chi connectivity index (χ3n) is 2.10. The number of primary sulfonamides is 2. The van der Waals surface area contributed by atoms with Crippen LogP contribution in [0, 0.1) is 0 Å². The SMILES string of the molecule is CN(C)CCCCS(N)(=O)=O.CNC.NS(=O)(=O)CCCCCl. The van der Waals surface area contributed by atoms with Crippen molar-refractivity contribution in [2.45, 2.75) is 25.7 Å². The molecule has 0 fully saturated rings. The molecule has 0 spiro atoms. The van der Waals surface area contributed by atoms with Gasteiger partial charge in [-0.1, -0.05) is 0 Å². The normalized spacial score (nSPS) is 11.3. The molecule has 0 saturated carbocycles. The average Bonchev–Trinajstić information content (AvgIpc) is 2.34. The van der Waals surface area contributed by atoms with Crippen LogP contribution in [0.5, 0.6) is 0 Å². The van der Waals surface area contributed by atoms with Crippen LogP contribution in [0.3, 0.4) is 0 Å². The highest BCUT2D eigenvalue weighted by Gasteiger charge is 2.01. The largest absolute Gasteiger partial charge is 0.323 e. The van der Waals surface area contributed by atoms with Gasteiger partial charge in [-0.25, -0.2) is 27.1 Å². The lowest BCUT2D eigenvalue weighted by Gasteiger charge is -2.07. The number of sulfonamides is 2. The van der Waals surface area contributed by atoms with Crippen molar-refractivity contribution in [3.8, 4) is 0 Å². The van der Waals surface area contributed by atoms with Crippen molar-refractivity contribution in [3.63, 3.8) is 0 Å². The van der Waals surface area contributed by atoms with Crippen molar-refractivity contribution in [1.82, 2.24) is 10.2 Å². The van der Waals surface area contributed by atoms with E-state index in [1.165, 1.54) is 0 Å². The molecule has 0 bridgehead atoms. The highest BCUT2D eigenvalue weighted by atomic mass is 35.5. The van der Waals surface area contributed by atoms with Crippen molar-refractivity contribution in [3.05, 3.63) is 0 Å². The molecule has 0 aliphatic heterocycles. The van der Waals surface area contributed by atoms with Gasteiger partial charge in [0.05, 0.1) is 11.5 Å². The van der Waals surface area contributed by atoms with Gasteiger partial charge in [0.25, 0.3) is 0 Å². The van der Waals surface area contributed by atoms with E-state index >= 15 is 0 Å². The zero-order valence-electron chi connectivity index (χ0n) is 14.6. The van der Waals surface area contributed by atoms with Crippen molar-refractivity contribution >= 4 is 31.6 Å². The number of nitrogens with one attached hydrogen (secondary N) is 1. The van der Waals surface area contributed by atoms with Gasteiger partial charge in [-0.15, -0.1) is 11.6 Å². The van der Waals surface area contributed by atoms with Crippen molar-refractivity contribution in [1.29, 1.82) is 0 Å². The molecular formula is C12H33ClN4O4S2. The first-order valence-corrected chi connectivity index (χ1v) is 11.2. The maximum absolute atomic E-state index is 10.4. The van der Waals surface area contributed by atoms with Crippen molar-refractivity contribution in [2.75, 3.05) is 52.1 Å². The van der Waals surface area contributed by atoms with Crippen LogP contribution in [-0.2, 0) is 20.0 Å². The Kier molecular flexibility index (Phi) is 20.4. The second-order valence-electron chi connectivity index (χ2n) is 5.14. The highest BCUT2D eigenvalue weighted by Crippen LogP contribution is 1.93. The minimum absolute atomic E-state index is 0.0414. The Morgan fingerprint density at radius 3 is 1.48 bits per heavy atom. The molecule has 23 heavy (non-hydrogen) atoms. The molecule has 0 aliphatic carbocycles. The van der Waals surface area contributed by atoms with Crippen LogP contribution in [0.25, 0.3) is 0 Å². The summed E-state index contributed by atoms with van der Waals surface area (Å²) in [6, 6.07) is 0. The van der Waals surface area contributed by atoms with Gasteiger partial charge in [0.15, 0.2) is 0 Å². The molecule has 5 N–H and O–H groups in total. The summed E-state index contributed by atoms with van der Waals surface area (Å²) in [5, 5.41) is 12.3. The zero-order valence-corrected chi connectivity index (χ0v) is 17.0. The number of hydrogen-bond acceptors (Lipinski definition) is 6. The monoisotopic (exact) mass is 396 g/mol. The van der Waals surface area contributed by atoms with Crippen molar-refractivity contribution < 1.29 is 16.8 Å². The fraction of sp³-hybridized carbons (Fsp3) is 1.00. The van der Waals surface area contributed by atoms with Crippen LogP contribution >= 0.6 is 11.6 Å². The fourth-order valence-electron chi connectivity index (χ4n) is 1.13. The Morgan fingerprint density at radius 2 is 1.22 bits per heavy atom. The molecular weight excluding hydrogens is 364 g/mol. The van der Waals surface area contributed by atoms with Crippen LogP contribution < -0.4 is 15.6 Å².